The van der Waals surface area contributed by atoms with Crippen LogP contribution < -0.4 is 16.0 Å². The number of hydrogen-bond donors (Lipinski definition) is 4. The van der Waals surface area contributed by atoms with Crippen molar-refractivity contribution < 1.29 is 19.5 Å². The molecule has 0 bridgehead atoms. The Labute approximate surface area is 194 Å². The van der Waals surface area contributed by atoms with Crippen LogP contribution in [0.2, 0.25) is 5.02 Å². The number of nitrogens with zero attached hydrogens (tertiary/aromatic N) is 3. The molecular weight excluding hydrogens is 456 g/mol. The molecule has 0 saturated heterocycles. The Bertz CT molecular complexity index is 1000. The SMILES string of the molecule is CN1CCc2nc(C(=O)N[C@@H](CNC(=O)C(=O)Nc3ccc(Cl)cn3)C(C)(C)O)sc2C1. The summed E-state index contributed by atoms with van der Waals surface area (Å²) in [6.45, 7) is 4.46. The van der Waals surface area contributed by atoms with Gasteiger partial charge in [0.1, 0.15) is 5.82 Å². The summed E-state index contributed by atoms with van der Waals surface area (Å²) in [6.07, 6.45) is 2.11. The minimum atomic E-state index is -1.37. The highest BCUT2D eigenvalue weighted by molar-refractivity contribution is 7.13. The third-order valence-corrected chi connectivity index (χ3v) is 6.22. The molecule has 1 aliphatic rings. The van der Waals surface area contributed by atoms with E-state index < -0.39 is 29.4 Å². The standard InChI is InChI=1S/C20H25ClN6O4S/c1-20(2,31)14(9-23-16(28)17(29)26-15-5-4-11(21)8-22-15)25-18(30)19-24-12-6-7-27(3)10-13(12)32-19/h4-5,8,14,31H,6-7,9-10H2,1-3H3,(H,23,28)(H,25,30)(H,22,26,29)/t14-/m0/s1. The molecule has 0 unspecified atom stereocenters. The van der Waals surface area contributed by atoms with Crippen molar-refractivity contribution in [2.45, 2.75) is 38.5 Å². The maximum Gasteiger partial charge on any atom is 0.314 e. The first-order chi connectivity index (χ1) is 15.0. The second-order valence-electron chi connectivity index (χ2n) is 8.08. The molecule has 32 heavy (non-hydrogen) atoms. The quantitative estimate of drug-likeness (QED) is 0.449. The van der Waals surface area contributed by atoms with Gasteiger partial charge in [-0.15, -0.1) is 11.3 Å². The molecule has 1 atom stereocenters. The first-order valence-corrected chi connectivity index (χ1v) is 11.1. The lowest BCUT2D eigenvalue weighted by Crippen LogP contribution is -2.56. The molecule has 172 valence electrons. The second kappa shape index (κ2) is 9.90. The van der Waals surface area contributed by atoms with Gasteiger partial charge in [0.05, 0.1) is 22.4 Å². The lowest BCUT2D eigenvalue weighted by Gasteiger charge is -2.30. The van der Waals surface area contributed by atoms with Gasteiger partial charge in [0.15, 0.2) is 5.01 Å². The van der Waals surface area contributed by atoms with Gasteiger partial charge in [-0.3, -0.25) is 14.4 Å². The number of anilines is 1. The Morgan fingerprint density at radius 3 is 2.72 bits per heavy atom. The summed E-state index contributed by atoms with van der Waals surface area (Å²) in [4.78, 5) is 48.5. The molecule has 12 heteroatoms. The van der Waals surface area contributed by atoms with E-state index in [2.05, 4.69) is 30.8 Å². The number of likely N-dealkylation sites (N-methyl/N-ethyl adjacent to an activating group) is 1. The number of halogens is 1. The molecule has 0 spiro atoms. The van der Waals surface area contributed by atoms with Crippen LogP contribution in [0.1, 0.15) is 34.2 Å². The third-order valence-electron chi connectivity index (χ3n) is 4.92. The van der Waals surface area contributed by atoms with Crippen LogP contribution in [0, 0.1) is 0 Å². The van der Waals surface area contributed by atoms with E-state index in [1.165, 1.54) is 43.5 Å². The minimum absolute atomic E-state index is 0.163. The number of aromatic nitrogens is 2. The summed E-state index contributed by atoms with van der Waals surface area (Å²) in [5, 5.41) is 18.7. The van der Waals surface area contributed by atoms with Gasteiger partial charge < -0.3 is 26.0 Å². The van der Waals surface area contributed by atoms with Gasteiger partial charge in [0.2, 0.25) is 0 Å². The van der Waals surface area contributed by atoms with Gasteiger partial charge in [-0.1, -0.05) is 11.6 Å². The maximum absolute atomic E-state index is 12.7. The lowest BCUT2D eigenvalue weighted by molar-refractivity contribution is -0.136. The lowest BCUT2D eigenvalue weighted by atomic mass is 9.98. The van der Waals surface area contributed by atoms with Crippen molar-refractivity contribution in [3.8, 4) is 0 Å². The van der Waals surface area contributed by atoms with Crippen molar-refractivity contribution in [1.29, 1.82) is 0 Å². The fraction of sp³-hybridized carbons (Fsp3) is 0.450. The first kappa shape index (κ1) is 24.1. The van der Waals surface area contributed by atoms with E-state index in [0.717, 1.165) is 30.1 Å². The Morgan fingerprint density at radius 2 is 2.06 bits per heavy atom. The highest BCUT2D eigenvalue weighted by atomic mass is 35.5. The van der Waals surface area contributed by atoms with Crippen LogP contribution >= 0.6 is 22.9 Å². The van der Waals surface area contributed by atoms with Crippen LogP contribution in [0.3, 0.4) is 0 Å². The van der Waals surface area contributed by atoms with Crippen LogP contribution in [0.4, 0.5) is 5.82 Å². The number of rotatable bonds is 6. The van der Waals surface area contributed by atoms with Crippen LogP contribution in [-0.2, 0) is 22.6 Å². The van der Waals surface area contributed by atoms with Crippen molar-refractivity contribution in [2.24, 2.45) is 0 Å². The largest absolute Gasteiger partial charge is 0.388 e. The molecule has 0 saturated carbocycles. The van der Waals surface area contributed by atoms with E-state index in [0.29, 0.717) is 10.0 Å². The number of nitrogens with one attached hydrogen (secondary N) is 3. The third kappa shape index (κ3) is 6.22. The van der Waals surface area contributed by atoms with Crippen molar-refractivity contribution in [3.05, 3.63) is 38.9 Å². The molecule has 10 nitrogen and oxygen atoms in total. The van der Waals surface area contributed by atoms with Crippen LogP contribution in [-0.4, -0.2) is 69.5 Å². The van der Waals surface area contributed by atoms with Gasteiger partial charge >= 0.3 is 11.8 Å². The number of fused-ring (bicyclic) bond motifs is 1. The predicted molar refractivity (Wildman–Crippen MR) is 121 cm³/mol. The number of thiazole rings is 1. The average Bonchev–Trinajstić information content (AvgIpc) is 3.14. The molecule has 0 radical (unpaired) electrons. The van der Waals surface area contributed by atoms with Crippen molar-refractivity contribution in [3.63, 3.8) is 0 Å². The molecule has 2 aromatic rings. The van der Waals surface area contributed by atoms with E-state index in [1.54, 1.807) is 0 Å². The Balaban J connectivity index is 1.59. The Kier molecular flexibility index (Phi) is 7.44. The van der Waals surface area contributed by atoms with E-state index in [1.807, 2.05) is 7.05 Å². The number of carbonyl (C=O) groups excluding carboxylic acids is 3. The molecule has 2 aromatic heterocycles. The number of hydrogen-bond acceptors (Lipinski definition) is 8. The van der Waals surface area contributed by atoms with E-state index in [9.17, 15) is 19.5 Å². The molecule has 3 rings (SSSR count). The highest BCUT2D eigenvalue weighted by Crippen LogP contribution is 2.24. The van der Waals surface area contributed by atoms with Crippen LogP contribution in [0.5, 0.6) is 0 Å². The number of amides is 3. The molecule has 3 amide bonds. The average molecular weight is 481 g/mol. The van der Waals surface area contributed by atoms with Crippen molar-refractivity contribution in [2.75, 3.05) is 25.5 Å². The first-order valence-electron chi connectivity index (χ1n) is 9.94. The minimum Gasteiger partial charge on any atom is -0.388 e. The van der Waals surface area contributed by atoms with Gasteiger partial charge in [0.25, 0.3) is 5.91 Å². The molecule has 1 aliphatic heterocycles. The van der Waals surface area contributed by atoms with Gasteiger partial charge in [0, 0.05) is 37.1 Å². The van der Waals surface area contributed by atoms with Crippen LogP contribution in [0.25, 0.3) is 0 Å². The maximum atomic E-state index is 12.7. The topological polar surface area (TPSA) is 137 Å². The summed E-state index contributed by atoms with van der Waals surface area (Å²) in [7, 11) is 2.01. The van der Waals surface area contributed by atoms with Gasteiger partial charge in [-0.2, -0.15) is 0 Å². The van der Waals surface area contributed by atoms with E-state index in [-0.39, 0.29) is 12.4 Å². The summed E-state index contributed by atoms with van der Waals surface area (Å²) in [6, 6.07) is 2.12. The monoisotopic (exact) mass is 480 g/mol. The highest BCUT2D eigenvalue weighted by Gasteiger charge is 2.31. The zero-order valence-corrected chi connectivity index (χ0v) is 19.5. The summed E-state index contributed by atoms with van der Waals surface area (Å²) < 4.78 is 0. The number of aliphatic hydroxyl groups is 1. The normalized spacial score (nSPS) is 14.9. The zero-order valence-electron chi connectivity index (χ0n) is 17.9. The molecule has 3 heterocycles. The van der Waals surface area contributed by atoms with Crippen LogP contribution in [0.15, 0.2) is 18.3 Å². The Morgan fingerprint density at radius 1 is 1.31 bits per heavy atom. The fourth-order valence-corrected chi connectivity index (χ4v) is 4.22. The van der Waals surface area contributed by atoms with Crippen molar-refractivity contribution in [1.82, 2.24) is 25.5 Å². The molecule has 0 fully saturated rings. The van der Waals surface area contributed by atoms with Gasteiger partial charge in [-0.25, -0.2) is 9.97 Å². The second-order valence-corrected chi connectivity index (χ2v) is 9.60. The number of carbonyl (C=O) groups is 3. The molecular formula is C20H25ClN6O4S. The zero-order chi connectivity index (χ0) is 23.5. The molecule has 4 N–H and O–H groups in total. The fourth-order valence-electron chi connectivity index (χ4n) is 3.02. The smallest absolute Gasteiger partial charge is 0.314 e. The molecule has 0 aliphatic carbocycles. The Hall–Kier alpha value is -2.60. The van der Waals surface area contributed by atoms with E-state index >= 15 is 0 Å². The summed E-state index contributed by atoms with van der Waals surface area (Å²) >= 11 is 7.06. The number of pyridine rings is 1. The van der Waals surface area contributed by atoms with Crippen molar-refractivity contribution >= 4 is 46.5 Å². The molecule has 0 aromatic carbocycles. The summed E-state index contributed by atoms with van der Waals surface area (Å²) in [5.41, 5.74) is -0.451. The summed E-state index contributed by atoms with van der Waals surface area (Å²) in [5.74, 6) is -2.14. The predicted octanol–water partition coefficient (Wildman–Crippen LogP) is 0.804. The van der Waals surface area contributed by atoms with E-state index in [4.69, 9.17) is 11.6 Å². The van der Waals surface area contributed by atoms with Gasteiger partial charge in [-0.05, 0) is 33.0 Å².